The average molecular weight is 535 g/mol. The van der Waals surface area contributed by atoms with Crippen molar-refractivity contribution in [2.24, 2.45) is 0 Å². The van der Waals surface area contributed by atoms with E-state index in [4.69, 9.17) is 44.3 Å². The van der Waals surface area contributed by atoms with Gasteiger partial charge in [0.1, 0.15) is 5.75 Å². The number of anilines is 3. The van der Waals surface area contributed by atoms with Crippen LogP contribution < -0.4 is 20.3 Å². The van der Waals surface area contributed by atoms with E-state index in [-0.39, 0.29) is 22.9 Å². The standard InChI is InChI=1S/C25H22Cl3N3O4/c26-18-5-3-6-20(24(18)28)30-25(33)17-4-1-2-7-22(17)35-15-23(32)29-16-8-9-21(19(27)14-16)31-10-12-34-13-11-31/h1-9,14H,10-13,15H2,(H,29,32)(H,30,33). The van der Waals surface area contributed by atoms with Crippen LogP contribution in [-0.4, -0.2) is 44.7 Å². The zero-order valence-corrected chi connectivity index (χ0v) is 20.8. The molecule has 3 aromatic carbocycles. The summed E-state index contributed by atoms with van der Waals surface area (Å²) in [6, 6.07) is 16.9. The normalized spacial score (nSPS) is 13.3. The number of rotatable bonds is 7. The molecule has 1 aliphatic heterocycles. The quantitative estimate of drug-likeness (QED) is 0.403. The maximum atomic E-state index is 12.8. The number of morpholine rings is 1. The number of nitrogens with zero attached hydrogens (tertiary/aromatic N) is 1. The van der Waals surface area contributed by atoms with Crippen LogP contribution >= 0.6 is 34.8 Å². The number of para-hydroxylation sites is 1. The second-order valence-corrected chi connectivity index (χ2v) is 8.85. The summed E-state index contributed by atoms with van der Waals surface area (Å²) < 4.78 is 11.0. The van der Waals surface area contributed by atoms with E-state index in [2.05, 4.69) is 15.5 Å². The average Bonchev–Trinajstić information content (AvgIpc) is 2.86. The first-order chi connectivity index (χ1) is 16.9. The predicted molar refractivity (Wildman–Crippen MR) is 139 cm³/mol. The Morgan fingerprint density at radius 2 is 1.69 bits per heavy atom. The molecule has 0 radical (unpaired) electrons. The summed E-state index contributed by atoms with van der Waals surface area (Å²) in [4.78, 5) is 27.5. The third kappa shape index (κ3) is 6.38. The summed E-state index contributed by atoms with van der Waals surface area (Å²) >= 11 is 18.6. The first kappa shape index (κ1) is 25.1. The lowest BCUT2D eigenvalue weighted by Crippen LogP contribution is -2.36. The summed E-state index contributed by atoms with van der Waals surface area (Å²) in [6.45, 7) is 2.52. The minimum absolute atomic E-state index is 0.235. The van der Waals surface area contributed by atoms with Crippen molar-refractivity contribution in [3.63, 3.8) is 0 Å². The number of nitrogens with one attached hydrogen (secondary N) is 2. The van der Waals surface area contributed by atoms with Crippen molar-refractivity contribution in [3.05, 3.63) is 81.3 Å². The molecule has 0 atom stereocenters. The number of hydrogen-bond donors (Lipinski definition) is 2. The largest absolute Gasteiger partial charge is 0.483 e. The van der Waals surface area contributed by atoms with E-state index in [0.29, 0.717) is 34.6 Å². The zero-order valence-electron chi connectivity index (χ0n) is 18.5. The first-order valence-electron chi connectivity index (χ1n) is 10.8. The van der Waals surface area contributed by atoms with Crippen LogP contribution in [0.5, 0.6) is 5.75 Å². The fourth-order valence-corrected chi connectivity index (χ4v) is 4.20. The van der Waals surface area contributed by atoms with E-state index in [1.165, 1.54) is 0 Å². The molecule has 0 bridgehead atoms. The van der Waals surface area contributed by atoms with Crippen molar-refractivity contribution >= 4 is 63.7 Å². The van der Waals surface area contributed by atoms with Crippen molar-refractivity contribution in [3.8, 4) is 5.75 Å². The maximum Gasteiger partial charge on any atom is 0.262 e. The molecule has 0 aromatic heterocycles. The minimum atomic E-state index is -0.448. The highest BCUT2D eigenvalue weighted by Gasteiger charge is 2.17. The van der Waals surface area contributed by atoms with Gasteiger partial charge in [0.15, 0.2) is 6.61 Å². The van der Waals surface area contributed by atoms with Crippen LogP contribution in [-0.2, 0) is 9.53 Å². The van der Waals surface area contributed by atoms with Gasteiger partial charge in [-0.2, -0.15) is 0 Å². The second-order valence-electron chi connectivity index (χ2n) is 7.65. The number of halogens is 3. The lowest BCUT2D eigenvalue weighted by molar-refractivity contribution is -0.118. The van der Waals surface area contributed by atoms with Crippen LogP contribution in [0.15, 0.2) is 60.7 Å². The van der Waals surface area contributed by atoms with E-state index >= 15 is 0 Å². The number of ether oxygens (including phenoxy) is 2. The summed E-state index contributed by atoms with van der Waals surface area (Å²) in [5, 5.41) is 6.56. The van der Waals surface area contributed by atoms with Crippen LogP contribution in [0, 0.1) is 0 Å². The van der Waals surface area contributed by atoms with Crippen LogP contribution in [0.25, 0.3) is 0 Å². The van der Waals surface area contributed by atoms with E-state index in [1.54, 1.807) is 54.6 Å². The molecule has 2 N–H and O–H groups in total. The van der Waals surface area contributed by atoms with Crippen LogP contribution in [0.2, 0.25) is 15.1 Å². The highest BCUT2D eigenvalue weighted by Crippen LogP contribution is 2.31. The van der Waals surface area contributed by atoms with Crippen molar-refractivity contribution in [1.82, 2.24) is 0 Å². The predicted octanol–water partition coefficient (Wildman–Crippen LogP) is 5.75. The lowest BCUT2D eigenvalue weighted by atomic mass is 10.2. The van der Waals surface area contributed by atoms with Gasteiger partial charge >= 0.3 is 0 Å². The molecule has 7 nitrogen and oxygen atoms in total. The molecule has 1 aliphatic rings. The third-order valence-electron chi connectivity index (χ3n) is 5.27. The molecular formula is C25H22Cl3N3O4. The summed E-state index contributed by atoms with van der Waals surface area (Å²) in [5.41, 5.74) is 2.05. The van der Waals surface area contributed by atoms with Crippen molar-refractivity contribution in [1.29, 1.82) is 0 Å². The topological polar surface area (TPSA) is 79.9 Å². The minimum Gasteiger partial charge on any atom is -0.483 e. The Kier molecular flexibility index (Phi) is 8.36. The number of carbonyl (C=O) groups excluding carboxylic acids is 2. The van der Waals surface area contributed by atoms with Gasteiger partial charge in [0, 0.05) is 18.8 Å². The highest BCUT2D eigenvalue weighted by molar-refractivity contribution is 6.44. The molecule has 1 heterocycles. The van der Waals surface area contributed by atoms with Crippen molar-refractivity contribution in [2.75, 3.05) is 48.4 Å². The van der Waals surface area contributed by atoms with Crippen LogP contribution in [0.3, 0.4) is 0 Å². The summed E-state index contributed by atoms with van der Waals surface area (Å²) in [6.07, 6.45) is 0. The van der Waals surface area contributed by atoms with E-state index in [0.717, 1.165) is 18.8 Å². The lowest BCUT2D eigenvalue weighted by Gasteiger charge is -2.29. The molecule has 1 fully saturated rings. The molecular weight excluding hydrogens is 513 g/mol. The monoisotopic (exact) mass is 533 g/mol. The van der Waals surface area contributed by atoms with Crippen LogP contribution in [0.1, 0.15) is 10.4 Å². The molecule has 4 rings (SSSR count). The van der Waals surface area contributed by atoms with Crippen molar-refractivity contribution < 1.29 is 19.1 Å². The Balaban J connectivity index is 1.37. The fraction of sp³-hybridized carbons (Fsp3) is 0.200. The number of carbonyl (C=O) groups is 2. The summed E-state index contributed by atoms with van der Waals surface area (Å²) in [5.74, 6) is -0.594. The highest BCUT2D eigenvalue weighted by atomic mass is 35.5. The van der Waals surface area contributed by atoms with Gasteiger partial charge < -0.3 is 25.0 Å². The fourth-order valence-electron chi connectivity index (χ4n) is 3.56. The number of hydrogen-bond acceptors (Lipinski definition) is 5. The molecule has 0 spiro atoms. The van der Waals surface area contributed by atoms with E-state index < -0.39 is 11.8 Å². The van der Waals surface area contributed by atoms with Gasteiger partial charge in [0.2, 0.25) is 0 Å². The smallest absolute Gasteiger partial charge is 0.262 e. The third-order valence-corrected chi connectivity index (χ3v) is 6.40. The van der Waals surface area contributed by atoms with Gasteiger partial charge in [-0.1, -0.05) is 53.0 Å². The maximum absolute atomic E-state index is 12.8. The summed E-state index contributed by atoms with van der Waals surface area (Å²) in [7, 11) is 0. The van der Waals surface area contributed by atoms with E-state index in [9.17, 15) is 9.59 Å². The van der Waals surface area contributed by atoms with Gasteiger partial charge in [-0.25, -0.2) is 0 Å². The first-order valence-corrected chi connectivity index (χ1v) is 11.9. The molecule has 0 saturated carbocycles. The van der Waals surface area contributed by atoms with E-state index in [1.807, 2.05) is 6.07 Å². The Hall–Kier alpha value is -2.97. The Labute approximate surface area is 217 Å². The van der Waals surface area contributed by atoms with Gasteiger partial charge in [0.05, 0.1) is 45.2 Å². The number of amides is 2. The van der Waals surface area contributed by atoms with Gasteiger partial charge in [-0.05, 0) is 42.5 Å². The molecule has 3 aromatic rings. The molecule has 1 saturated heterocycles. The Morgan fingerprint density at radius 3 is 2.46 bits per heavy atom. The van der Waals surface area contributed by atoms with Crippen molar-refractivity contribution in [2.45, 2.75) is 0 Å². The molecule has 0 unspecified atom stereocenters. The molecule has 182 valence electrons. The SMILES string of the molecule is O=C(COc1ccccc1C(=O)Nc1cccc(Cl)c1Cl)Nc1ccc(N2CCOCC2)c(Cl)c1. The zero-order chi connectivity index (χ0) is 24.8. The molecule has 35 heavy (non-hydrogen) atoms. The molecule has 10 heteroatoms. The molecule has 2 amide bonds. The Morgan fingerprint density at radius 1 is 0.914 bits per heavy atom. The Bertz CT molecular complexity index is 1230. The van der Waals surface area contributed by atoms with Gasteiger partial charge in [0.25, 0.3) is 11.8 Å². The van der Waals surface area contributed by atoms with Gasteiger partial charge in [-0.15, -0.1) is 0 Å². The molecule has 0 aliphatic carbocycles. The number of benzene rings is 3. The van der Waals surface area contributed by atoms with Gasteiger partial charge in [-0.3, -0.25) is 9.59 Å². The second kappa shape index (κ2) is 11.6. The van der Waals surface area contributed by atoms with Crippen LogP contribution in [0.4, 0.5) is 17.1 Å².